The van der Waals surface area contributed by atoms with Crippen LogP contribution in [0.1, 0.15) is 20.9 Å². The van der Waals surface area contributed by atoms with Gasteiger partial charge in [0.15, 0.2) is 5.13 Å². The molecule has 2 aromatic rings. The Morgan fingerprint density at radius 2 is 2.11 bits per heavy atom. The van der Waals surface area contributed by atoms with E-state index in [2.05, 4.69) is 15.6 Å². The zero-order valence-corrected chi connectivity index (χ0v) is 12.4. The molecule has 2 N–H and O–H groups in total. The summed E-state index contributed by atoms with van der Waals surface area (Å²) in [7, 11) is 1.78. The summed E-state index contributed by atoms with van der Waals surface area (Å²) in [5, 5.41) is 7.16. The molecule has 19 heavy (non-hydrogen) atoms. The number of anilines is 2. The Bertz CT molecular complexity index is 624. The van der Waals surface area contributed by atoms with Crippen LogP contribution in [0.5, 0.6) is 0 Å². The molecule has 0 atom stereocenters. The van der Waals surface area contributed by atoms with Gasteiger partial charge in [-0.25, -0.2) is 4.98 Å². The standard InChI is InChI=1S/C13H14ClN3OS/c1-7-9(14)5-4-6-10(7)17-12(18)11-8(2)16-13(15-3)19-11/h4-6H,1-3H3,(H,15,16)(H,17,18). The second-order valence-corrected chi connectivity index (χ2v) is 5.46. The van der Waals surface area contributed by atoms with Crippen molar-refractivity contribution in [3.8, 4) is 0 Å². The zero-order chi connectivity index (χ0) is 14.0. The summed E-state index contributed by atoms with van der Waals surface area (Å²) in [4.78, 5) is 17.1. The fourth-order valence-corrected chi connectivity index (χ4v) is 2.63. The zero-order valence-electron chi connectivity index (χ0n) is 10.9. The molecule has 2 rings (SSSR count). The van der Waals surface area contributed by atoms with Gasteiger partial charge >= 0.3 is 0 Å². The van der Waals surface area contributed by atoms with Gasteiger partial charge in [-0.2, -0.15) is 0 Å². The molecular formula is C13H14ClN3OS. The van der Waals surface area contributed by atoms with E-state index in [0.717, 1.165) is 16.4 Å². The number of amides is 1. The van der Waals surface area contributed by atoms with E-state index in [1.165, 1.54) is 11.3 Å². The van der Waals surface area contributed by atoms with Gasteiger partial charge in [-0.3, -0.25) is 4.79 Å². The summed E-state index contributed by atoms with van der Waals surface area (Å²) >= 11 is 7.36. The number of nitrogens with zero attached hydrogens (tertiary/aromatic N) is 1. The lowest BCUT2D eigenvalue weighted by atomic mass is 10.2. The Balaban J connectivity index is 2.25. The molecule has 0 saturated heterocycles. The summed E-state index contributed by atoms with van der Waals surface area (Å²) in [5.41, 5.74) is 2.29. The van der Waals surface area contributed by atoms with Gasteiger partial charge in [0.25, 0.3) is 5.91 Å². The molecule has 0 aliphatic heterocycles. The van der Waals surface area contributed by atoms with Crippen molar-refractivity contribution in [2.75, 3.05) is 17.7 Å². The number of aryl methyl sites for hydroxylation is 1. The Labute approximate surface area is 120 Å². The number of thiazole rings is 1. The van der Waals surface area contributed by atoms with E-state index in [0.29, 0.717) is 15.6 Å². The first-order valence-electron chi connectivity index (χ1n) is 5.74. The third-order valence-electron chi connectivity index (χ3n) is 2.73. The fourth-order valence-electron chi connectivity index (χ4n) is 1.64. The lowest BCUT2D eigenvalue weighted by molar-refractivity contribution is 0.102. The number of rotatable bonds is 3. The SMILES string of the molecule is CNc1nc(C)c(C(=O)Nc2cccc(Cl)c2C)s1. The summed E-state index contributed by atoms with van der Waals surface area (Å²) in [5.74, 6) is -0.165. The number of aromatic nitrogens is 1. The number of hydrogen-bond donors (Lipinski definition) is 2. The van der Waals surface area contributed by atoms with Gasteiger partial charge in [-0.1, -0.05) is 29.0 Å². The van der Waals surface area contributed by atoms with Crippen LogP contribution < -0.4 is 10.6 Å². The molecular weight excluding hydrogens is 282 g/mol. The van der Waals surface area contributed by atoms with Crippen LogP contribution in [0.25, 0.3) is 0 Å². The van der Waals surface area contributed by atoms with E-state index >= 15 is 0 Å². The van der Waals surface area contributed by atoms with Gasteiger partial charge in [-0.05, 0) is 31.5 Å². The summed E-state index contributed by atoms with van der Waals surface area (Å²) < 4.78 is 0. The van der Waals surface area contributed by atoms with Gasteiger partial charge in [0.1, 0.15) is 4.88 Å². The predicted octanol–water partition coefficient (Wildman–Crippen LogP) is 3.71. The largest absolute Gasteiger partial charge is 0.365 e. The molecule has 0 aliphatic carbocycles. The van der Waals surface area contributed by atoms with Crippen molar-refractivity contribution in [2.24, 2.45) is 0 Å². The van der Waals surface area contributed by atoms with E-state index in [1.807, 2.05) is 26.0 Å². The van der Waals surface area contributed by atoms with Gasteiger partial charge < -0.3 is 10.6 Å². The molecule has 0 spiro atoms. The number of benzene rings is 1. The van der Waals surface area contributed by atoms with Gasteiger partial charge in [0.05, 0.1) is 5.69 Å². The first-order valence-corrected chi connectivity index (χ1v) is 6.94. The molecule has 0 radical (unpaired) electrons. The highest BCUT2D eigenvalue weighted by Crippen LogP contribution is 2.26. The minimum absolute atomic E-state index is 0.165. The van der Waals surface area contributed by atoms with E-state index in [1.54, 1.807) is 13.1 Å². The minimum Gasteiger partial charge on any atom is -0.365 e. The number of halogens is 1. The van der Waals surface area contributed by atoms with Crippen molar-refractivity contribution in [3.05, 3.63) is 39.4 Å². The Morgan fingerprint density at radius 3 is 2.74 bits per heavy atom. The van der Waals surface area contributed by atoms with Gasteiger partial charge in [-0.15, -0.1) is 0 Å². The fraction of sp³-hybridized carbons (Fsp3) is 0.231. The molecule has 0 aliphatic rings. The van der Waals surface area contributed by atoms with Crippen molar-refractivity contribution < 1.29 is 4.79 Å². The van der Waals surface area contributed by atoms with Crippen molar-refractivity contribution >= 4 is 39.7 Å². The maximum Gasteiger partial charge on any atom is 0.267 e. The van der Waals surface area contributed by atoms with Crippen molar-refractivity contribution in [2.45, 2.75) is 13.8 Å². The predicted molar refractivity (Wildman–Crippen MR) is 80.5 cm³/mol. The number of nitrogens with one attached hydrogen (secondary N) is 2. The van der Waals surface area contributed by atoms with Crippen molar-refractivity contribution in [1.29, 1.82) is 0 Å². The Hall–Kier alpha value is -1.59. The molecule has 100 valence electrons. The molecule has 0 fully saturated rings. The number of carbonyl (C=O) groups excluding carboxylic acids is 1. The lowest BCUT2D eigenvalue weighted by Gasteiger charge is -2.08. The van der Waals surface area contributed by atoms with Crippen LogP contribution in [0.3, 0.4) is 0 Å². The normalized spacial score (nSPS) is 10.3. The Morgan fingerprint density at radius 1 is 1.37 bits per heavy atom. The van der Waals surface area contributed by atoms with E-state index in [4.69, 9.17) is 11.6 Å². The van der Waals surface area contributed by atoms with E-state index in [9.17, 15) is 4.79 Å². The second kappa shape index (κ2) is 5.59. The molecule has 1 heterocycles. The summed E-state index contributed by atoms with van der Waals surface area (Å²) in [6.07, 6.45) is 0. The third-order valence-corrected chi connectivity index (χ3v) is 4.32. The smallest absolute Gasteiger partial charge is 0.267 e. The van der Waals surface area contributed by atoms with Crippen LogP contribution in [0, 0.1) is 13.8 Å². The van der Waals surface area contributed by atoms with E-state index < -0.39 is 0 Å². The molecule has 1 aromatic carbocycles. The van der Waals surface area contributed by atoms with Gasteiger partial charge in [0.2, 0.25) is 0 Å². The molecule has 0 bridgehead atoms. The molecule has 0 saturated carbocycles. The molecule has 4 nitrogen and oxygen atoms in total. The molecule has 6 heteroatoms. The highest BCUT2D eigenvalue weighted by molar-refractivity contribution is 7.17. The molecule has 1 aromatic heterocycles. The summed E-state index contributed by atoms with van der Waals surface area (Å²) in [6.45, 7) is 3.69. The van der Waals surface area contributed by atoms with Crippen LogP contribution in [0.2, 0.25) is 5.02 Å². The third kappa shape index (κ3) is 2.88. The van der Waals surface area contributed by atoms with Crippen LogP contribution in [-0.2, 0) is 0 Å². The Kier molecular flexibility index (Phi) is 4.07. The van der Waals surface area contributed by atoms with Gasteiger partial charge in [0, 0.05) is 17.8 Å². The van der Waals surface area contributed by atoms with Crippen LogP contribution in [-0.4, -0.2) is 17.9 Å². The number of carbonyl (C=O) groups is 1. The van der Waals surface area contributed by atoms with Crippen LogP contribution >= 0.6 is 22.9 Å². The van der Waals surface area contributed by atoms with Crippen LogP contribution in [0.4, 0.5) is 10.8 Å². The minimum atomic E-state index is -0.165. The first-order chi connectivity index (χ1) is 9.02. The van der Waals surface area contributed by atoms with E-state index in [-0.39, 0.29) is 5.91 Å². The van der Waals surface area contributed by atoms with Crippen LogP contribution in [0.15, 0.2) is 18.2 Å². The maximum absolute atomic E-state index is 12.2. The van der Waals surface area contributed by atoms with Crippen molar-refractivity contribution in [3.63, 3.8) is 0 Å². The number of hydrogen-bond acceptors (Lipinski definition) is 4. The molecule has 0 unspecified atom stereocenters. The second-order valence-electron chi connectivity index (χ2n) is 4.05. The first kappa shape index (κ1) is 13.8. The average Bonchev–Trinajstić information content (AvgIpc) is 2.76. The average molecular weight is 296 g/mol. The quantitative estimate of drug-likeness (QED) is 0.907. The maximum atomic E-state index is 12.2. The van der Waals surface area contributed by atoms with Crippen molar-refractivity contribution in [1.82, 2.24) is 4.98 Å². The highest BCUT2D eigenvalue weighted by Gasteiger charge is 2.16. The summed E-state index contributed by atoms with van der Waals surface area (Å²) in [6, 6.07) is 5.43. The lowest BCUT2D eigenvalue weighted by Crippen LogP contribution is -2.12. The topological polar surface area (TPSA) is 54.0 Å². The highest BCUT2D eigenvalue weighted by atomic mass is 35.5. The monoisotopic (exact) mass is 295 g/mol. The molecule has 1 amide bonds.